The minimum absolute atomic E-state index is 0.159. The molecule has 106 valence electrons. The van der Waals surface area contributed by atoms with E-state index in [1.807, 2.05) is 11.6 Å². The maximum Gasteiger partial charge on any atom is 0.220 e. The van der Waals surface area contributed by atoms with Crippen LogP contribution in [0, 0.1) is 26.7 Å². The molecule has 1 aromatic rings. The number of amides is 1. The number of carbonyl (C=O) groups is 1. The van der Waals surface area contributed by atoms with Crippen LogP contribution in [0.25, 0.3) is 0 Å². The van der Waals surface area contributed by atoms with Crippen molar-refractivity contribution in [1.29, 1.82) is 0 Å². The van der Waals surface area contributed by atoms with Gasteiger partial charge in [-0.25, -0.2) is 0 Å². The second-order valence-corrected chi connectivity index (χ2v) is 5.43. The van der Waals surface area contributed by atoms with Gasteiger partial charge in [0, 0.05) is 18.7 Å². The van der Waals surface area contributed by atoms with E-state index in [-0.39, 0.29) is 5.91 Å². The Morgan fingerprint density at radius 2 is 2.26 bits per heavy atom. The molecule has 1 saturated heterocycles. The number of nitrogens with one attached hydrogen (secondary N) is 2. The summed E-state index contributed by atoms with van der Waals surface area (Å²) in [6.07, 6.45) is 1.76. The molecule has 0 radical (unpaired) electrons. The van der Waals surface area contributed by atoms with Crippen LogP contribution >= 0.6 is 0 Å². The van der Waals surface area contributed by atoms with Crippen LogP contribution in [0.4, 0.5) is 0 Å². The lowest BCUT2D eigenvalue weighted by atomic mass is 10.0. The van der Waals surface area contributed by atoms with E-state index < -0.39 is 0 Å². The van der Waals surface area contributed by atoms with Crippen LogP contribution in [0.5, 0.6) is 0 Å². The van der Waals surface area contributed by atoms with E-state index in [0.717, 1.165) is 31.7 Å². The molecule has 1 amide bonds. The summed E-state index contributed by atoms with van der Waals surface area (Å²) in [5.74, 6) is 0.669. The number of rotatable bonds is 5. The molecule has 19 heavy (non-hydrogen) atoms. The van der Waals surface area contributed by atoms with Gasteiger partial charge in [0.2, 0.25) is 5.91 Å². The van der Waals surface area contributed by atoms with Gasteiger partial charge in [0.15, 0.2) is 0 Å². The summed E-state index contributed by atoms with van der Waals surface area (Å²) in [6, 6.07) is 0. The van der Waals surface area contributed by atoms with Crippen molar-refractivity contribution in [3.05, 3.63) is 17.0 Å². The number of nitrogens with zero attached hydrogens (tertiary/aromatic N) is 2. The largest absolute Gasteiger partial charge is 0.354 e. The van der Waals surface area contributed by atoms with Gasteiger partial charge in [0.1, 0.15) is 0 Å². The number of hydrogen-bond acceptors (Lipinski definition) is 3. The van der Waals surface area contributed by atoms with Crippen LogP contribution in [-0.4, -0.2) is 35.3 Å². The summed E-state index contributed by atoms with van der Waals surface area (Å²) in [4.78, 5) is 11.8. The highest BCUT2D eigenvalue weighted by molar-refractivity contribution is 5.76. The fraction of sp³-hybridized carbons (Fsp3) is 0.714. The van der Waals surface area contributed by atoms with Crippen LogP contribution < -0.4 is 10.6 Å². The van der Waals surface area contributed by atoms with Gasteiger partial charge in [0.05, 0.1) is 12.2 Å². The van der Waals surface area contributed by atoms with Crippen molar-refractivity contribution in [2.75, 3.05) is 19.6 Å². The highest BCUT2D eigenvalue weighted by atomic mass is 16.1. The zero-order valence-corrected chi connectivity index (χ0v) is 12.1. The van der Waals surface area contributed by atoms with Gasteiger partial charge in [0.25, 0.3) is 0 Å². The topological polar surface area (TPSA) is 59.0 Å². The smallest absolute Gasteiger partial charge is 0.220 e. The highest BCUT2D eigenvalue weighted by Gasteiger charge is 2.17. The molecule has 0 aliphatic carbocycles. The van der Waals surface area contributed by atoms with Crippen molar-refractivity contribution in [2.24, 2.45) is 5.92 Å². The zero-order chi connectivity index (χ0) is 13.8. The summed E-state index contributed by atoms with van der Waals surface area (Å²) in [6.45, 7) is 9.59. The third kappa shape index (κ3) is 3.56. The monoisotopic (exact) mass is 264 g/mol. The minimum atomic E-state index is 0.159. The first kappa shape index (κ1) is 14.1. The van der Waals surface area contributed by atoms with Crippen LogP contribution in [0.3, 0.4) is 0 Å². The second-order valence-electron chi connectivity index (χ2n) is 5.43. The van der Waals surface area contributed by atoms with Gasteiger partial charge >= 0.3 is 0 Å². The summed E-state index contributed by atoms with van der Waals surface area (Å²) in [5.41, 5.74) is 3.50. The Morgan fingerprint density at radius 3 is 2.84 bits per heavy atom. The number of hydrogen-bond donors (Lipinski definition) is 2. The van der Waals surface area contributed by atoms with Crippen LogP contribution in [0.15, 0.2) is 0 Å². The van der Waals surface area contributed by atoms with Crippen molar-refractivity contribution in [3.63, 3.8) is 0 Å². The Bertz CT molecular complexity index is 447. The lowest BCUT2D eigenvalue weighted by Crippen LogP contribution is -2.29. The van der Waals surface area contributed by atoms with E-state index in [9.17, 15) is 4.79 Å². The highest BCUT2D eigenvalue weighted by Crippen LogP contribution is 2.12. The molecule has 5 nitrogen and oxygen atoms in total. The van der Waals surface area contributed by atoms with Crippen molar-refractivity contribution in [3.8, 4) is 0 Å². The minimum Gasteiger partial charge on any atom is -0.354 e. The van der Waals surface area contributed by atoms with E-state index in [1.54, 1.807) is 0 Å². The molecule has 1 aromatic heterocycles. The molecule has 0 spiro atoms. The van der Waals surface area contributed by atoms with Crippen LogP contribution in [0.1, 0.15) is 29.8 Å². The van der Waals surface area contributed by atoms with E-state index in [4.69, 9.17) is 0 Å². The fourth-order valence-corrected chi connectivity index (χ4v) is 2.53. The SMILES string of the molecule is Cc1nn(CCNC(=O)C[C@@H]2CCNC2)c(C)c1C. The second kappa shape index (κ2) is 6.19. The Hall–Kier alpha value is -1.36. The fourth-order valence-electron chi connectivity index (χ4n) is 2.53. The molecular weight excluding hydrogens is 240 g/mol. The molecule has 5 heteroatoms. The van der Waals surface area contributed by atoms with E-state index >= 15 is 0 Å². The molecule has 1 atom stereocenters. The summed E-state index contributed by atoms with van der Waals surface area (Å²) in [7, 11) is 0. The normalized spacial score (nSPS) is 18.8. The van der Waals surface area contributed by atoms with Gasteiger partial charge < -0.3 is 10.6 Å². The molecule has 1 aliphatic rings. The van der Waals surface area contributed by atoms with E-state index in [0.29, 0.717) is 18.9 Å². The Labute approximate surface area is 114 Å². The third-order valence-corrected chi connectivity index (χ3v) is 4.03. The van der Waals surface area contributed by atoms with Gasteiger partial charge in [-0.15, -0.1) is 0 Å². The maximum atomic E-state index is 11.8. The van der Waals surface area contributed by atoms with Crippen molar-refractivity contribution in [2.45, 2.75) is 40.2 Å². The van der Waals surface area contributed by atoms with Gasteiger partial charge in [-0.3, -0.25) is 9.48 Å². The average molecular weight is 264 g/mol. The van der Waals surface area contributed by atoms with E-state index in [2.05, 4.69) is 29.6 Å². The third-order valence-electron chi connectivity index (χ3n) is 4.03. The van der Waals surface area contributed by atoms with Gasteiger partial charge in [-0.2, -0.15) is 5.10 Å². The molecule has 0 unspecified atom stereocenters. The maximum absolute atomic E-state index is 11.8. The number of aromatic nitrogens is 2. The zero-order valence-electron chi connectivity index (χ0n) is 12.1. The molecule has 0 bridgehead atoms. The predicted molar refractivity (Wildman–Crippen MR) is 75.0 cm³/mol. The molecule has 2 rings (SSSR count). The molecule has 2 N–H and O–H groups in total. The Kier molecular flexibility index (Phi) is 4.58. The summed E-state index contributed by atoms with van der Waals surface area (Å²) >= 11 is 0. The molecule has 2 heterocycles. The number of carbonyl (C=O) groups excluding carboxylic acids is 1. The molecule has 0 saturated carbocycles. The molecule has 1 aliphatic heterocycles. The first-order chi connectivity index (χ1) is 9.08. The lowest BCUT2D eigenvalue weighted by molar-refractivity contribution is -0.121. The van der Waals surface area contributed by atoms with Gasteiger partial charge in [-0.05, 0) is 51.8 Å². The number of aryl methyl sites for hydroxylation is 1. The lowest BCUT2D eigenvalue weighted by Gasteiger charge is -2.10. The van der Waals surface area contributed by atoms with E-state index in [1.165, 1.54) is 11.3 Å². The quantitative estimate of drug-likeness (QED) is 0.831. The van der Waals surface area contributed by atoms with Gasteiger partial charge in [-0.1, -0.05) is 0 Å². The molecular formula is C14H24N4O. The summed E-state index contributed by atoms with van der Waals surface area (Å²) < 4.78 is 1.97. The Balaban J connectivity index is 1.73. The first-order valence-electron chi connectivity index (χ1n) is 7.06. The standard InChI is InChI=1S/C14H24N4O/c1-10-11(2)17-18(12(10)3)7-6-16-14(19)8-13-4-5-15-9-13/h13,15H,4-9H2,1-3H3,(H,16,19)/t13-/m0/s1. The Morgan fingerprint density at radius 1 is 1.47 bits per heavy atom. The summed E-state index contributed by atoms with van der Waals surface area (Å²) in [5, 5.41) is 10.7. The van der Waals surface area contributed by atoms with Crippen molar-refractivity contribution < 1.29 is 4.79 Å². The molecule has 1 fully saturated rings. The molecule has 0 aromatic carbocycles. The van der Waals surface area contributed by atoms with Crippen molar-refractivity contribution >= 4 is 5.91 Å². The predicted octanol–water partition coefficient (Wildman–Crippen LogP) is 0.924. The average Bonchev–Trinajstić information content (AvgIpc) is 2.95. The van der Waals surface area contributed by atoms with Crippen molar-refractivity contribution in [1.82, 2.24) is 20.4 Å². The van der Waals surface area contributed by atoms with Crippen LogP contribution in [0.2, 0.25) is 0 Å². The first-order valence-corrected chi connectivity index (χ1v) is 7.06. The van der Waals surface area contributed by atoms with Crippen LogP contribution in [-0.2, 0) is 11.3 Å².